The Balaban J connectivity index is 1.87. The summed E-state index contributed by atoms with van der Waals surface area (Å²) < 4.78 is 5.80. The Morgan fingerprint density at radius 3 is 2.54 bits per heavy atom. The molecule has 5 heteroatoms. The molecular weight excluding hydrogens is 328 g/mol. The van der Waals surface area contributed by atoms with Crippen LogP contribution in [0.3, 0.4) is 0 Å². The average Bonchev–Trinajstić information content (AvgIpc) is 2.68. The molecule has 1 aliphatic rings. The van der Waals surface area contributed by atoms with Crippen molar-refractivity contribution in [1.82, 2.24) is 0 Å². The van der Waals surface area contributed by atoms with Crippen LogP contribution in [0.2, 0.25) is 0 Å². The van der Waals surface area contributed by atoms with E-state index in [1.807, 2.05) is 45.9 Å². The molecule has 1 N–H and O–H groups in total. The number of anilines is 2. The summed E-state index contributed by atoms with van der Waals surface area (Å²) in [7, 11) is 1.73. The lowest BCUT2D eigenvalue weighted by atomic mass is 9.93. The number of hydrogen-bond donors (Lipinski definition) is 1. The zero-order valence-electron chi connectivity index (χ0n) is 15.8. The van der Waals surface area contributed by atoms with Crippen LogP contribution in [-0.4, -0.2) is 25.5 Å². The van der Waals surface area contributed by atoms with Gasteiger partial charge in [0.25, 0.3) is 5.91 Å². The van der Waals surface area contributed by atoms with Gasteiger partial charge in [-0.1, -0.05) is 6.07 Å². The molecule has 0 aliphatic carbocycles. The van der Waals surface area contributed by atoms with E-state index >= 15 is 0 Å². The number of nitrogens with zero attached hydrogens (tertiary/aromatic N) is 1. The van der Waals surface area contributed by atoms with E-state index in [1.54, 1.807) is 30.1 Å². The molecule has 0 aromatic heterocycles. The third kappa shape index (κ3) is 3.29. The Morgan fingerprint density at radius 1 is 1.12 bits per heavy atom. The zero-order valence-corrected chi connectivity index (χ0v) is 15.8. The Morgan fingerprint density at radius 2 is 1.85 bits per heavy atom. The van der Waals surface area contributed by atoms with Crippen molar-refractivity contribution in [3.05, 3.63) is 53.1 Å². The van der Waals surface area contributed by atoms with Crippen molar-refractivity contribution in [3.8, 4) is 5.75 Å². The molecule has 0 radical (unpaired) electrons. The minimum absolute atomic E-state index is 0.0196. The van der Waals surface area contributed by atoms with Crippen LogP contribution in [0.1, 0.15) is 35.3 Å². The van der Waals surface area contributed by atoms with Crippen LogP contribution in [-0.2, 0) is 4.79 Å². The van der Waals surface area contributed by atoms with Gasteiger partial charge in [-0.3, -0.25) is 9.59 Å². The number of aryl methyl sites for hydroxylation is 2. The lowest BCUT2D eigenvalue weighted by Gasteiger charge is -2.24. The summed E-state index contributed by atoms with van der Waals surface area (Å²) in [5.41, 5.74) is 3.49. The first-order valence-electron chi connectivity index (χ1n) is 8.63. The molecule has 3 rings (SSSR count). The molecule has 0 saturated heterocycles. The van der Waals surface area contributed by atoms with Gasteiger partial charge in [-0.05, 0) is 69.2 Å². The van der Waals surface area contributed by atoms with E-state index in [-0.39, 0.29) is 11.8 Å². The number of fused-ring (bicyclic) bond motifs is 1. The minimum Gasteiger partial charge on any atom is -0.490 e. The highest BCUT2D eigenvalue weighted by Crippen LogP contribution is 2.37. The van der Waals surface area contributed by atoms with Gasteiger partial charge >= 0.3 is 0 Å². The van der Waals surface area contributed by atoms with Crippen molar-refractivity contribution in [1.29, 1.82) is 0 Å². The van der Waals surface area contributed by atoms with Gasteiger partial charge in [0, 0.05) is 18.3 Å². The number of carbonyl (C=O) groups is 2. The fourth-order valence-electron chi connectivity index (χ4n) is 2.95. The zero-order chi connectivity index (χ0) is 19.1. The molecular formula is C21H24N2O3. The second-order valence-corrected chi connectivity index (χ2v) is 7.47. The molecule has 0 atom stereocenters. The molecule has 0 saturated carbocycles. The first-order chi connectivity index (χ1) is 12.2. The molecule has 5 nitrogen and oxygen atoms in total. The van der Waals surface area contributed by atoms with E-state index in [9.17, 15) is 9.59 Å². The number of carbonyl (C=O) groups excluding carboxylic acids is 2. The molecule has 2 aromatic rings. The van der Waals surface area contributed by atoms with E-state index in [2.05, 4.69) is 5.32 Å². The highest BCUT2D eigenvalue weighted by atomic mass is 16.5. The number of ether oxygens (including phenoxy) is 1. The summed E-state index contributed by atoms with van der Waals surface area (Å²) in [5, 5.41) is 2.90. The van der Waals surface area contributed by atoms with Gasteiger partial charge in [-0.2, -0.15) is 0 Å². The lowest BCUT2D eigenvalue weighted by molar-refractivity contribution is -0.127. The summed E-state index contributed by atoms with van der Waals surface area (Å²) in [6, 6.07) is 11.0. The largest absolute Gasteiger partial charge is 0.490 e. The molecule has 2 aromatic carbocycles. The van der Waals surface area contributed by atoms with E-state index in [4.69, 9.17) is 4.74 Å². The van der Waals surface area contributed by atoms with Crippen molar-refractivity contribution in [2.24, 2.45) is 5.41 Å². The normalized spacial score (nSPS) is 15.7. The number of nitrogens with one attached hydrogen (secondary N) is 1. The molecule has 0 bridgehead atoms. The fraction of sp³-hybridized carbons (Fsp3) is 0.333. The van der Waals surface area contributed by atoms with Gasteiger partial charge < -0.3 is 15.0 Å². The molecule has 26 heavy (non-hydrogen) atoms. The fourth-order valence-corrected chi connectivity index (χ4v) is 2.95. The van der Waals surface area contributed by atoms with Crippen molar-refractivity contribution in [2.75, 3.05) is 23.9 Å². The third-order valence-electron chi connectivity index (χ3n) is 4.82. The molecule has 136 valence electrons. The van der Waals surface area contributed by atoms with Gasteiger partial charge in [0.05, 0.1) is 11.1 Å². The summed E-state index contributed by atoms with van der Waals surface area (Å²) >= 11 is 0. The molecule has 0 unspecified atom stereocenters. The van der Waals surface area contributed by atoms with Crippen LogP contribution in [0.25, 0.3) is 0 Å². The second kappa shape index (κ2) is 6.48. The van der Waals surface area contributed by atoms with Crippen LogP contribution >= 0.6 is 0 Å². The quantitative estimate of drug-likeness (QED) is 0.891. The van der Waals surface area contributed by atoms with Gasteiger partial charge in [0.15, 0.2) is 0 Å². The number of benzene rings is 2. The predicted octanol–water partition coefficient (Wildman–Crippen LogP) is 3.94. The number of amides is 2. The predicted molar refractivity (Wildman–Crippen MR) is 103 cm³/mol. The summed E-state index contributed by atoms with van der Waals surface area (Å²) in [6.07, 6.45) is 0. The SMILES string of the molecule is Cc1ccc(C(=O)Nc2ccc3c(c2)N(C)C(=O)C(C)(C)CO3)cc1C. The summed E-state index contributed by atoms with van der Waals surface area (Å²) in [5.74, 6) is 0.432. The first-order valence-corrected chi connectivity index (χ1v) is 8.63. The van der Waals surface area contributed by atoms with Crippen LogP contribution < -0.4 is 15.0 Å². The van der Waals surface area contributed by atoms with E-state index in [1.165, 1.54) is 0 Å². The average molecular weight is 352 g/mol. The van der Waals surface area contributed by atoms with E-state index in [0.29, 0.717) is 29.3 Å². The van der Waals surface area contributed by atoms with Crippen LogP contribution in [0, 0.1) is 19.3 Å². The van der Waals surface area contributed by atoms with Crippen molar-refractivity contribution >= 4 is 23.2 Å². The Bertz CT molecular complexity index is 887. The highest BCUT2D eigenvalue weighted by molar-refractivity contribution is 6.05. The monoisotopic (exact) mass is 352 g/mol. The van der Waals surface area contributed by atoms with Gasteiger partial charge in [0.1, 0.15) is 12.4 Å². The molecule has 0 fully saturated rings. The number of hydrogen-bond acceptors (Lipinski definition) is 3. The molecule has 2 amide bonds. The van der Waals surface area contributed by atoms with Gasteiger partial charge in [0.2, 0.25) is 5.91 Å². The Hall–Kier alpha value is -2.82. The third-order valence-corrected chi connectivity index (χ3v) is 4.82. The smallest absolute Gasteiger partial charge is 0.255 e. The van der Waals surface area contributed by atoms with Crippen molar-refractivity contribution < 1.29 is 14.3 Å². The van der Waals surface area contributed by atoms with Crippen molar-refractivity contribution in [3.63, 3.8) is 0 Å². The molecule has 1 aliphatic heterocycles. The Kier molecular flexibility index (Phi) is 4.48. The van der Waals surface area contributed by atoms with Gasteiger partial charge in [-0.15, -0.1) is 0 Å². The minimum atomic E-state index is -0.601. The lowest BCUT2D eigenvalue weighted by Crippen LogP contribution is -2.39. The maximum absolute atomic E-state index is 12.6. The van der Waals surface area contributed by atoms with Crippen LogP contribution in [0.4, 0.5) is 11.4 Å². The highest BCUT2D eigenvalue weighted by Gasteiger charge is 2.36. The maximum atomic E-state index is 12.6. The van der Waals surface area contributed by atoms with Crippen LogP contribution in [0.5, 0.6) is 5.75 Å². The topological polar surface area (TPSA) is 58.6 Å². The van der Waals surface area contributed by atoms with E-state index in [0.717, 1.165) is 11.1 Å². The first kappa shape index (κ1) is 18.0. The second-order valence-electron chi connectivity index (χ2n) is 7.47. The summed E-state index contributed by atoms with van der Waals surface area (Å²) in [4.78, 5) is 26.7. The maximum Gasteiger partial charge on any atom is 0.255 e. The standard InChI is InChI=1S/C21H24N2O3/c1-13-6-7-15(10-14(13)2)19(24)22-16-8-9-18-17(11-16)23(5)20(25)21(3,4)12-26-18/h6-11H,12H2,1-5H3,(H,22,24). The number of rotatable bonds is 2. The van der Waals surface area contributed by atoms with Crippen molar-refractivity contribution in [2.45, 2.75) is 27.7 Å². The van der Waals surface area contributed by atoms with Gasteiger partial charge in [-0.25, -0.2) is 0 Å². The Labute approximate surface area is 154 Å². The van der Waals surface area contributed by atoms with Crippen LogP contribution in [0.15, 0.2) is 36.4 Å². The van der Waals surface area contributed by atoms with E-state index < -0.39 is 5.41 Å². The molecule has 0 spiro atoms. The summed E-state index contributed by atoms with van der Waals surface area (Å²) in [6.45, 7) is 8.03. The molecule has 1 heterocycles.